The molecule has 0 aliphatic carbocycles. The second-order valence-corrected chi connectivity index (χ2v) is 5.66. The molecule has 15 heavy (non-hydrogen) atoms. The molecule has 0 bridgehead atoms. The van der Waals surface area contributed by atoms with Gasteiger partial charge in [-0.3, -0.25) is 0 Å². The van der Waals surface area contributed by atoms with Gasteiger partial charge in [-0.1, -0.05) is 25.1 Å². The molecule has 2 nitrogen and oxygen atoms in total. The largest absolute Gasteiger partial charge is 0.224 e. The van der Waals surface area contributed by atoms with Gasteiger partial charge in [-0.15, -0.1) is 6.58 Å². The van der Waals surface area contributed by atoms with Gasteiger partial charge in [0.25, 0.3) is 0 Å². The van der Waals surface area contributed by atoms with Gasteiger partial charge in [-0.2, -0.15) is 0 Å². The van der Waals surface area contributed by atoms with Crippen LogP contribution in [0.4, 0.5) is 0 Å². The van der Waals surface area contributed by atoms with Crippen molar-refractivity contribution < 1.29 is 8.42 Å². The summed E-state index contributed by atoms with van der Waals surface area (Å²) in [6, 6.07) is 7.14. The molecule has 0 N–H and O–H groups in total. The van der Waals surface area contributed by atoms with E-state index in [0.29, 0.717) is 4.90 Å². The minimum absolute atomic E-state index is 0.151. The molecular formula is C12H16O2S. The first-order chi connectivity index (χ1) is 7.10. The van der Waals surface area contributed by atoms with E-state index in [1.54, 1.807) is 25.1 Å². The molecule has 0 aromatic heterocycles. The Morgan fingerprint density at radius 2 is 2.13 bits per heavy atom. The number of rotatable bonds is 5. The van der Waals surface area contributed by atoms with Gasteiger partial charge in [0, 0.05) is 0 Å². The van der Waals surface area contributed by atoms with Crippen molar-refractivity contribution in [2.24, 2.45) is 0 Å². The maximum atomic E-state index is 11.6. The van der Waals surface area contributed by atoms with Gasteiger partial charge in [0.1, 0.15) is 0 Å². The van der Waals surface area contributed by atoms with Crippen molar-refractivity contribution in [3.63, 3.8) is 0 Å². The third-order valence-electron chi connectivity index (χ3n) is 2.27. The second kappa shape index (κ2) is 5.12. The molecule has 0 unspecified atom stereocenters. The zero-order valence-corrected chi connectivity index (χ0v) is 9.76. The molecule has 0 heterocycles. The number of allylic oxidation sites excluding steroid dienone is 1. The number of benzene rings is 1. The Bertz CT molecular complexity index is 433. The van der Waals surface area contributed by atoms with Crippen molar-refractivity contribution >= 4 is 9.84 Å². The molecule has 1 aromatic rings. The SMILES string of the molecule is C=CCCc1cccc(S(=O)(=O)CC)c1. The quantitative estimate of drug-likeness (QED) is 0.720. The maximum Gasteiger partial charge on any atom is 0.178 e. The van der Waals surface area contributed by atoms with Crippen LogP contribution in [-0.4, -0.2) is 14.2 Å². The highest BCUT2D eigenvalue weighted by molar-refractivity contribution is 7.91. The molecule has 0 fully saturated rings. The van der Waals surface area contributed by atoms with Gasteiger partial charge in [0.2, 0.25) is 0 Å². The topological polar surface area (TPSA) is 34.1 Å². The second-order valence-electron chi connectivity index (χ2n) is 3.38. The number of sulfone groups is 1. The molecule has 1 aromatic carbocycles. The molecule has 0 amide bonds. The molecular weight excluding hydrogens is 208 g/mol. The van der Waals surface area contributed by atoms with Gasteiger partial charge in [-0.25, -0.2) is 8.42 Å². The Kier molecular flexibility index (Phi) is 4.09. The van der Waals surface area contributed by atoms with Crippen LogP contribution in [-0.2, 0) is 16.3 Å². The summed E-state index contributed by atoms with van der Waals surface area (Å²) in [5, 5.41) is 0. The predicted octanol–water partition coefficient (Wildman–Crippen LogP) is 2.60. The molecule has 0 aliphatic heterocycles. The van der Waals surface area contributed by atoms with Crippen LogP contribution in [0, 0.1) is 0 Å². The molecule has 3 heteroatoms. The number of hydrogen-bond donors (Lipinski definition) is 0. The molecule has 1 rings (SSSR count). The van der Waals surface area contributed by atoms with Crippen molar-refractivity contribution in [1.82, 2.24) is 0 Å². The van der Waals surface area contributed by atoms with Crippen LogP contribution < -0.4 is 0 Å². The first-order valence-corrected chi connectivity index (χ1v) is 6.68. The zero-order chi connectivity index (χ0) is 11.3. The molecule has 0 saturated heterocycles. The summed E-state index contributed by atoms with van der Waals surface area (Å²) in [5.41, 5.74) is 1.05. The van der Waals surface area contributed by atoms with Crippen molar-refractivity contribution in [2.75, 3.05) is 5.75 Å². The van der Waals surface area contributed by atoms with E-state index in [1.165, 1.54) is 0 Å². The van der Waals surface area contributed by atoms with E-state index < -0.39 is 9.84 Å². The summed E-state index contributed by atoms with van der Waals surface area (Å²) in [4.78, 5) is 0.423. The molecule has 0 radical (unpaired) electrons. The summed E-state index contributed by atoms with van der Waals surface area (Å²) < 4.78 is 23.2. The standard InChI is InChI=1S/C12H16O2S/c1-3-5-7-11-8-6-9-12(10-11)15(13,14)4-2/h3,6,8-10H,1,4-5,7H2,2H3. The summed E-state index contributed by atoms with van der Waals surface area (Å²) in [7, 11) is -3.07. The van der Waals surface area contributed by atoms with Crippen molar-refractivity contribution in [3.05, 3.63) is 42.5 Å². The van der Waals surface area contributed by atoms with Crippen LogP contribution in [0.15, 0.2) is 41.8 Å². The van der Waals surface area contributed by atoms with Crippen LogP contribution in [0.3, 0.4) is 0 Å². The fourth-order valence-corrected chi connectivity index (χ4v) is 2.28. The van der Waals surface area contributed by atoms with E-state index in [1.807, 2.05) is 12.1 Å². The van der Waals surface area contributed by atoms with Crippen LogP contribution >= 0.6 is 0 Å². The first-order valence-electron chi connectivity index (χ1n) is 5.02. The minimum Gasteiger partial charge on any atom is -0.224 e. The highest BCUT2D eigenvalue weighted by atomic mass is 32.2. The zero-order valence-electron chi connectivity index (χ0n) is 8.94. The van der Waals surface area contributed by atoms with Gasteiger partial charge in [0.05, 0.1) is 10.6 Å². The van der Waals surface area contributed by atoms with E-state index in [2.05, 4.69) is 6.58 Å². The molecule has 0 saturated carbocycles. The molecule has 0 atom stereocenters. The van der Waals surface area contributed by atoms with E-state index in [9.17, 15) is 8.42 Å². The third-order valence-corrected chi connectivity index (χ3v) is 4.01. The van der Waals surface area contributed by atoms with Crippen LogP contribution in [0.5, 0.6) is 0 Å². The summed E-state index contributed by atoms with van der Waals surface area (Å²) in [6.07, 6.45) is 3.55. The Hall–Kier alpha value is -1.09. The first kappa shape index (κ1) is 12.0. The summed E-state index contributed by atoms with van der Waals surface area (Å²) in [5.74, 6) is 0.151. The minimum atomic E-state index is -3.07. The fourth-order valence-electron chi connectivity index (χ4n) is 1.33. The number of hydrogen-bond acceptors (Lipinski definition) is 2. The van der Waals surface area contributed by atoms with Gasteiger partial charge in [0.15, 0.2) is 9.84 Å². The Morgan fingerprint density at radius 3 is 2.73 bits per heavy atom. The Morgan fingerprint density at radius 1 is 1.40 bits per heavy atom. The normalized spacial score (nSPS) is 11.3. The van der Waals surface area contributed by atoms with Crippen molar-refractivity contribution in [1.29, 1.82) is 0 Å². The van der Waals surface area contributed by atoms with Crippen molar-refractivity contribution in [3.8, 4) is 0 Å². The average Bonchev–Trinajstić information content (AvgIpc) is 2.27. The Labute approximate surface area is 91.6 Å². The Balaban J connectivity index is 2.97. The van der Waals surface area contributed by atoms with Gasteiger partial charge >= 0.3 is 0 Å². The van der Waals surface area contributed by atoms with Crippen LogP contribution in [0.2, 0.25) is 0 Å². The summed E-state index contributed by atoms with van der Waals surface area (Å²) >= 11 is 0. The molecule has 82 valence electrons. The monoisotopic (exact) mass is 224 g/mol. The third kappa shape index (κ3) is 3.20. The highest BCUT2D eigenvalue weighted by Crippen LogP contribution is 2.14. The van der Waals surface area contributed by atoms with Gasteiger partial charge in [-0.05, 0) is 30.5 Å². The van der Waals surface area contributed by atoms with Crippen molar-refractivity contribution in [2.45, 2.75) is 24.7 Å². The van der Waals surface area contributed by atoms with E-state index in [0.717, 1.165) is 18.4 Å². The lowest BCUT2D eigenvalue weighted by molar-refractivity contribution is 0.597. The van der Waals surface area contributed by atoms with E-state index in [4.69, 9.17) is 0 Å². The predicted molar refractivity (Wildman–Crippen MR) is 62.7 cm³/mol. The van der Waals surface area contributed by atoms with Crippen LogP contribution in [0.25, 0.3) is 0 Å². The van der Waals surface area contributed by atoms with Gasteiger partial charge < -0.3 is 0 Å². The fraction of sp³-hybridized carbons (Fsp3) is 0.333. The highest BCUT2D eigenvalue weighted by Gasteiger charge is 2.10. The lowest BCUT2D eigenvalue weighted by Gasteiger charge is -2.04. The lowest BCUT2D eigenvalue weighted by Crippen LogP contribution is -2.03. The number of aryl methyl sites for hydroxylation is 1. The van der Waals surface area contributed by atoms with Crippen LogP contribution in [0.1, 0.15) is 18.9 Å². The molecule has 0 aliphatic rings. The van der Waals surface area contributed by atoms with E-state index >= 15 is 0 Å². The maximum absolute atomic E-state index is 11.6. The summed E-state index contributed by atoms with van der Waals surface area (Å²) in [6.45, 7) is 5.30. The average molecular weight is 224 g/mol. The smallest absolute Gasteiger partial charge is 0.178 e. The van der Waals surface area contributed by atoms with E-state index in [-0.39, 0.29) is 5.75 Å². The molecule has 0 spiro atoms. The lowest BCUT2D eigenvalue weighted by atomic mass is 10.1.